The summed E-state index contributed by atoms with van der Waals surface area (Å²) in [5.41, 5.74) is 1.10. The molecule has 0 aromatic heterocycles. The standard InChI is InChI=1S/C11H14ClNO2/c1-2-15-11(14)13-7-6-9-4-3-5-10(12)8-9/h3-5,8H,2,6-7H2,1H3,(H,13,14). The van der Waals surface area contributed by atoms with Crippen molar-refractivity contribution < 1.29 is 9.53 Å². The number of rotatable bonds is 4. The van der Waals surface area contributed by atoms with E-state index in [0.29, 0.717) is 18.2 Å². The first kappa shape index (κ1) is 11.9. The van der Waals surface area contributed by atoms with Crippen molar-refractivity contribution in [2.24, 2.45) is 0 Å². The van der Waals surface area contributed by atoms with Crippen LogP contribution in [0.3, 0.4) is 0 Å². The first-order valence-electron chi connectivity index (χ1n) is 4.87. The molecule has 15 heavy (non-hydrogen) atoms. The van der Waals surface area contributed by atoms with E-state index in [1.54, 1.807) is 6.92 Å². The van der Waals surface area contributed by atoms with Gasteiger partial charge in [-0.1, -0.05) is 23.7 Å². The van der Waals surface area contributed by atoms with E-state index in [9.17, 15) is 4.79 Å². The third-order valence-electron chi connectivity index (χ3n) is 1.85. The first-order chi connectivity index (χ1) is 7.22. The lowest BCUT2D eigenvalue weighted by atomic mass is 10.1. The average molecular weight is 228 g/mol. The zero-order chi connectivity index (χ0) is 11.1. The van der Waals surface area contributed by atoms with Crippen molar-refractivity contribution in [2.75, 3.05) is 13.2 Å². The number of hydrogen-bond acceptors (Lipinski definition) is 2. The summed E-state index contributed by atoms with van der Waals surface area (Å²) >= 11 is 5.82. The second kappa shape index (κ2) is 6.30. The fourth-order valence-corrected chi connectivity index (χ4v) is 1.40. The molecule has 1 rings (SSSR count). The van der Waals surface area contributed by atoms with Gasteiger partial charge in [0.1, 0.15) is 0 Å². The number of hydrogen-bond donors (Lipinski definition) is 1. The van der Waals surface area contributed by atoms with Crippen molar-refractivity contribution in [3.05, 3.63) is 34.9 Å². The summed E-state index contributed by atoms with van der Waals surface area (Å²) in [6.45, 7) is 2.72. The number of amides is 1. The van der Waals surface area contributed by atoms with E-state index in [1.807, 2.05) is 24.3 Å². The van der Waals surface area contributed by atoms with E-state index < -0.39 is 0 Å². The Balaban J connectivity index is 2.28. The normalized spacial score (nSPS) is 9.73. The van der Waals surface area contributed by atoms with Gasteiger partial charge in [-0.3, -0.25) is 0 Å². The highest BCUT2D eigenvalue weighted by atomic mass is 35.5. The summed E-state index contributed by atoms with van der Waals surface area (Å²) in [6, 6.07) is 7.57. The van der Waals surface area contributed by atoms with Crippen molar-refractivity contribution in [1.29, 1.82) is 0 Å². The molecule has 0 unspecified atom stereocenters. The minimum Gasteiger partial charge on any atom is -0.450 e. The molecule has 0 atom stereocenters. The molecule has 3 nitrogen and oxygen atoms in total. The maximum atomic E-state index is 10.9. The Morgan fingerprint density at radius 3 is 3.00 bits per heavy atom. The van der Waals surface area contributed by atoms with Crippen LogP contribution in [0.2, 0.25) is 5.02 Å². The minimum atomic E-state index is -0.375. The zero-order valence-corrected chi connectivity index (χ0v) is 9.38. The molecule has 1 N–H and O–H groups in total. The minimum absolute atomic E-state index is 0.375. The van der Waals surface area contributed by atoms with Crippen LogP contribution in [0.25, 0.3) is 0 Å². The molecule has 0 aliphatic rings. The molecule has 0 spiro atoms. The lowest BCUT2D eigenvalue weighted by molar-refractivity contribution is 0.152. The molecule has 0 aliphatic heterocycles. The average Bonchev–Trinajstić information content (AvgIpc) is 2.18. The lowest BCUT2D eigenvalue weighted by Crippen LogP contribution is -2.26. The van der Waals surface area contributed by atoms with Gasteiger partial charge in [-0.25, -0.2) is 4.79 Å². The molecule has 0 saturated carbocycles. The molecule has 1 aromatic rings. The second-order valence-corrected chi connectivity index (χ2v) is 3.46. The summed E-state index contributed by atoms with van der Waals surface area (Å²) in [5.74, 6) is 0. The molecule has 0 heterocycles. The predicted molar refractivity (Wildman–Crippen MR) is 60.2 cm³/mol. The van der Waals surface area contributed by atoms with Gasteiger partial charge in [-0.2, -0.15) is 0 Å². The highest BCUT2D eigenvalue weighted by molar-refractivity contribution is 6.30. The van der Waals surface area contributed by atoms with Gasteiger partial charge in [-0.05, 0) is 31.0 Å². The quantitative estimate of drug-likeness (QED) is 0.859. The van der Waals surface area contributed by atoms with E-state index in [1.165, 1.54) is 0 Å². The molecule has 1 aromatic carbocycles. The van der Waals surface area contributed by atoms with Crippen molar-refractivity contribution >= 4 is 17.7 Å². The number of nitrogens with one attached hydrogen (secondary N) is 1. The number of carbonyl (C=O) groups excluding carboxylic acids is 1. The SMILES string of the molecule is CCOC(=O)NCCc1cccc(Cl)c1. The van der Waals surface area contributed by atoms with Crippen LogP contribution in [-0.2, 0) is 11.2 Å². The van der Waals surface area contributed by atoms with Gasteiger partial charge >= 0.3 is 6.09 Å². The molecule has 0 fully saturated rings. The van der Waals surface area contributed by atoms with Gasteiger partial charge in [0.15, 0.2) is 0 Å². The molecular weight excluding hydrogens is 214 g/mol. The predicted octanol–water partition coefficient (Wildman–Crippen LogP) is 2.63. The summed E-state index contributed by atoms with van der Waals surface area (Å²) in [5, 5.41) is 3.36. The van der Waals surface area contributed by atoms with E-state index in [4.69, 9.17) is 16.3 Å². The second-order valence-electron chi connectivity index (χ2n) is 3.03. The van der Waals surface area contributed by atoms with E-state index in [-0.39, 0.29) is 6.09 Å². The van der Waals surface area contributed by atoms with Crippen LogP contribution in [0.4, 0.5) is 4.79 Å². The molecule has 1 amide bonds. The van der Waals surface area contributed by atoms with Crippen molar-refractivity contribution in [3.63, 3.8) is 0 Å². The molecular formula is C11H14ClNO2. The fraction of sp³-hybridized carbons (Fsp3) is 0.364. The van der Waals surface area contributed by atoms with Crippen LogP contribution in [0, 0.1) is 0 Å². The van der Waals surface area contributed by atoms with Crippen LogP contribution < -0.4 is 5.32 Å². The maximum Gasteiger partial charge on any atom is 0.407 e. The molecule has 4 heteroatoms. The van der Waals surface area contributed by atoms with Gasteiger partial charge < -0.3 is 10.1 Å². The number of alkyl carbamates (subject to hydrolysis) is 1. The highest BCUT2D eigenvalue weighted by Crippen LogP contribution is 2.10. The van der Waals surface area contributed by atoms with Gasteiger partial charge in [0.2, 0.25) is 0 Å². The van der Waals surface area contributed by atoms with Crippen LogP contribution in [0.1, 0.15) is 12.5 Å². The van der Waals surface area contributed by atoms with Crippen molar-refractivity contribution in [2.45, 2.75) is 13.3 Å². The molecule has 0 aliphatic carbocycles. The molecule has 82 valence electrons. The van der Waals surface area contributed by atoms with Crippen LogP contribution in [0.5, 0.6) is 0 Å². The molecule has 0 saturated heterocycles. The topological polar surface area (TPSA) is 38.3 Å². The summed E-state index contributed by atoms with van der Waals surface area (Å²) < 4.78 is 4.73. The van der Waals surface area contributed by atoms with Crippen LogP contribution in [0.15, 0.2) is 24.3 Å². The molecule has 0 radical (unpaired) electrons. The Bertz CT molecular complexity index is 328. The maximum absolute atomic E-state index is 10.9. The van der Waals surface area contributed by atoms with Crippen LogP contribution in [-0.4, -0.2) is 19.2 Å². The Labute approximate surface area is 94.4 Å². The fourth-order valence-electron chi connectivity index (χ4n) is 1.18. The summed E-state index contributed by atoms with van der Waals surface area (Å²) in [4.78, 5) is 10.9. The van der Waals surface area contributed by atoms with Gasteiger partial charge in [0.25, 0.3) is 0 Å². The molecule has 0 bridgehead atoms. The Morgan fingerprint density at radius 1 is 1.53 bits per heavy atom. The number of carbonyl (C=O) groups is 1. The largest absolute Gasteiger partial charge is 0.450 e. The van der Waals surface area contributed by atoms with Crippen molar-refractivity contribution in [1.82, 2.24) is 5.32 Å². The summed E-state index contributed by atoms with van der Waals surface area (Å²) in [6.07, 6.45) is 0.374. The third kappa shape index (κ3) is 4.70. The van der Waals surface area contributed by atoms with Gasteiger partial charge in [-0.15, -0.1) is 0 Å². The zero-order valence-electron chi connectivity index (χ0n) is 8.63. The van der Waals surface area contributed by atoms with E-state index in [2.05, 4.69) is 5.32 Å². The highest BCUT2D eigenvalue weighted by Gasteiger charge is 1.99. The lowest BCUT2D eigenvalue weighted by Gasteiger charge is -2.05. The van der Waals surface area contributed by atoms with Crippen LogP contribution >= 0.6 is 11.6 Å². The third-order valence-corrected chi connectivity index (χ3v) is 2.08. The Kier molecular flexibility index (Phi) is 4.98. The van der Waals surface area contributed by atoms with Crippen molar-refractivity contribution in [3.8, 4) is 0 Å². The number of ether oxygens (including phenoxy) is 1. The van der Waals surface area contributed by atoms with Gasteiger partial charge in [0, 0.05) is 11.6 Å². The Hall–Kier alpha value is -1.22. The van der Waals surface area contributed by atoms with E-state index >= 15 is 0 Å². The van der Waals surface area contributed by atoms with Gasteiger partial charge in [0.05, 0.1) is 6.61 Å². The summed E-state index contributed by atoms with van der Waals surface area (Å²) in [7, 11) is 0. The first-order valence-corrected chi connectivity index (χ1v) is 5.25. The van der Waals surface area contributed by atoms with E-state index in [0.717, 1.165) is 12.0 Å². The number of halogens is 1. The number of benzene rings is 1. The smallest absolute Gasteiger partial charge is 0.407 e. The monoisotopic (exact) mass is 227 g/mol. The Morgan fingerprint density at radius 2 is 2.33 bits per heavy atom.